The second kappa shape index (κ2) is 6.41. The normalized spacial score (nSPS) is 13.1. The molecule has 21 heavy (non-hydrogen) atoms. The van der Waals surface area contributed by atoms with Crippen molar-refractivity contribution in [2.24, 2.45) is 0 Å². The predicted octanol–water partition coefficient (Wildman–Crippen LogP) is 3.60. The number of nitrogens with one attached hydrogen (secondary N) is 1. The van der Waals surface area contributed by atoms with Gasteiger partial charge in [-0.1, -0.05) is 48.9 Å². The molecule has 1 N–H and O–H groups in total. The molecule has 0 saturated carbocycles. The van der Waals surface area contributed by atoms with E-state index in [0.717, 1.165) is 23.1 Å². The van der Waals surface area contributed by atoms with Crippen molar-refractivity contribution in [2.45, 2.75) is 38.1 Å². The highest BCUT2D eigenvalue weighted by atomic mass is 32.2. The lowest BCUT2D eigenvalue weighted by Gasteiger charge is -2.15. The van der Waals surface area contributed by atoms with Crippen LogP contribution in [0, 0.1) is 6.92 Å². The minimum absolute atomic E-state index is 0.263. The number of aryl methyl sites for hydroxylation is 2. The standard InChI is InChI=1S/C17H21NO2S/c1-4-15-7-11-17(12-8-15)21(19,20)18-14(3)16-9-5-13(2)6-10-16/h5-12,14,18H,4H2,1-3H3. The Kier molecular flexibility index (Phi) is 4.80. The molecule has 0 fully saturated rings. The van der Waals surface area contributed by atoms with Gasteiger partial charge in [0.2, 0.25) is 10.0 Å². The Bertz CT molecular complexity index is 689. The average molecular weight is 303 g/mol. The van der Waals surface area contributed by atoms with Crippen molar-refractivity contribution in [1.82, 2.24) is 4.72 Å². The van der Waals surface area contributed by atoms with Gasteiger partial charge in [-0.3, -0.25) is 0 Å². The van der Waals surface area contributed by atoms with Crippen LogP contribution >= 0.6 is 0 Å². The van der Waals surface area contributed by atoms with Crippen LogP contribution < -0.4 is 4.72 Å². The fourth-order valence-electron chi connectivity index (χ4n) is 2.13. The van der Waals surface area contributed by atoms with Crippen molar-refractivity contribution in [1.29, 1.82) is 0 Å². The third kappa shape index (κ3) is 3.93. The molecule has 0 bridgehead atoms. The van der Waals surface area contributed by atoms with Gasteiger partial charge in [-0.2, -0.15) is 0 Å². The van der Waals surface area contributed by atoms with E-state index in [1.165, 1.54) is 0 Å². The Hall–Kier alpha value is -1.65. The molecule has 0 radical (unpaired) electrons. The smallest absolute Gasteiger partial charge is 0.207 e. The molecule has 0 aliphatic rings. The number of hydrogen-bond acceptors (Lipinski definition) is 2. The zero-order valence-corrected chi connectivity index (χ0v) is 13.4. The van der Waals surface area contributed by atoms with Crippen LogP contribution in [0.3, 0.4) is 0 Å². The highest BCUT2D eigenvalue weighted by Gasteiger charge is 2.18. The van der Waals surface area contributed by atoms with Crippen molar-refractivity contribution >= 4 is 10.0 Å². The summed E-state index contributed by atoms with van der Waals surface area (Å²) < 4.78 is 27.5. The first-order chi connectivity index (χ1) is 9.92. The maximum absolute atomic E-state index is 12.4. The molecule has 1 atom stereocenters. The summed E-state index contributed by atoms with van der Waals surface area (Å²) in [5.41, 5.74) is 3.24. The molecular formula is C17H21NO2S. The van der Waals surface area contributed by atoms with E-state index < -0.39 is 10.0 Å². The van der Waals surface area contributed by atoms with Crippen molar-refractivity contribution in [3.8, 4) is 0 Å². The monoisotopic (exact) mass is 303 g/mol. The van der Waals surface area contributed by atoms with Crippen LogP contribution in [-0.2, 0) is 16.4 Å². The average Bonchev–Trinajstić information content (AvgIpc) is 2.47. The maximum Gasteiger partial charge on any atom is 0.241 e. The van der Waals surface area contributed by atoms with Gasteiger partial charge in [0.15, 0.2) is 0 Å². The molecule has 4 heteroatoms. The Morgan fingerprint density at radius 2 is 1.57 bits per heavy atom. The molecule has 2 aromatic rings. The van der Waals surface area contributed by atoms with Gasteiger partial charge >= 0.3 is 0 Å². The summed E-state index contributed by atoms with van der Waals surface area (Å²) in [6, 6.07) is 14.6. The number of rotatable bonds is 5. The lowest BCUT2D eigenvalue weighted by atomic mass is 10.1. The molecule has 1 unspecified atom stereocenters. The van der Waals surface area contributed by atoms with Gasteiger partial charge < -0.3 is 0 Å². The summed E-state index contributed by atoms with van der Waals surface area (Å²) in [4.78, 5) is 0.304. The van der Waals surface area contributed by atoms with Crippen molar-refractivity contribution in [3.63, 3.8) is 0 Å². The van der Waals surface area contributed by atoms with E-state index in [0.29, 0.717) is 4.90 Å². The SMILES string of the molecule is CCc1ccc(S(=O)(=O)NC(C)c2ccc(C)cc2)cc1. The van der Waals surface area contributed by atoms with E-state index >= 15 is 0 Å². The molecule has 0 saturated heterocycles. The summed E-state index contributed by atoms with van der Waals surface area (Å²) in [7, 11) is -3.49. The maximum atomic E-state index is 12.4. The van der Waals surface area contributed by atoms with Gasteiger partial charge in [0.25, 0.3) is 0 Å². The van der Waals surface area contributed by atoms with E-state index in [1.54, 1.807) is 12.1 Å². The van der Waals surface area contributed by atoms with Gasteiger partial charge in [-0.05, 0) is 43.5 Å². The minimum Gasteiger partial charge on any atom is -0.207 e. The fourth-order valence-corrected chi connectivity index (χ4v) is 3.36. The summed E-state index contributed by atoms with van der Waals surface area (Å²) in [6.07, 6.45) is 0.896. The molecule has 0 aliphatic heterocycles. The van der Waals surface area contributed by atoms with Crippen LogP contribution in [0.2, 0.25) is 0 Å². The summed E-state index contributed by atoms with van der Waals surface area (Å²) in [6.45, 7) is 5.90. The molecule has 0 heterocycles. The summed E-state index contributed by atoms with van der Waals surface area (Å²) in [5.74, 6) is 0. The Morgan fingerprint density at radius 1 is 1.00 bits per heavy atom. The first-order valence-electron chi connectivity index (χ1n) is 7.10. The van der Waals surface area contributed by atoms with E-state index in [-0.39, 0.29) is 6.04 Å². The quantitative estimate of drug-likeness (QED) is 0.917. The number of benzene rings is 2. The molecule has 0 aliphatic carbocycles. The highest BCUT2D eigenvalue weighted by Crippen LogP contribution is 2.18. The molecule has 112 valence electrons. The Balaban J connectivity index is 2.17. The topological polar surface area (TPSA) is 46.2 Å². The molecule has 0 spiro atoms. The molecule has 2 rings (SSSR count). The molecule has 3 nitrogen and oxygen atoms in total. The van der Waals surface area contributed by atoms with E-state index in [1.807, 2.05) is 57.2 Å². The second-order valence-corrected chi connectivity index (χ2v) is 6.97. The summed E-state index contributed by atoms with van der Waals surface area (Å²) in [5, 5.41) is 0. The van der Waals surface area contributed by atoms with Gasteiger partial charge in [0, 0.05) is 6.04 Å². The van der Waals surface area contributed by atoms with Gasteiger partial charge in [-0.25, -0.2) is 13.1 Å². The van der Waals surface area contributed by atoms with Crippen LogP contribution in [-0.4, -0.2) is 8.42 Å². The first-order valence-corrected chi connectivity index (χ1v) is 8.58. The van der Waals surface area contributed by atoms with Crippen LogP contribution in [0.5, 0.6) is 0 Å². The Morgan fingerprint density at radius 3 is 2.10 bits per heavy atom. The first kappa shape index (κ1) is 15.7. The van der Waals surface area contributed by atoms with Crippen LogP contribution in [0.15, 0.2) is 53.4 Å². The number of hydrogen-bond donors (Lipinski definition) is 1. The molecule has 2 aromatic carbocycles. The van der Waals surface area contributed by atoms with E-state index in [4.69, 9.17) is 0 Å². The van der Waals surface area contributed by atoms with E-state index in [2.05, 4.69) is 4.72 Å². The predicted molar refractivity (Wildman–Crippen MR) is 85.7 cm³/mol. The van der Waals surface area contributed by atoms with Crippen LogP contribution in [0.4, 0.5) is 0 Å². The third-order valence-corrected chi connectivity index (χ3v) is 5.11. The van der Waals surface area contributed by atoms with Crippen molar-refractivity contribution in [2.75, 3.05) is 0 Å². The lowest BCUT2D eigenvalue weighted by Crippen LogP contribution is -2.26. The highest BCUT2D eigenvalue weighted by molar-refractivity contribution is 7.89. The van der Waals surface area contributed by atoms with E-state index in [9.17, 15) is 8.42 Å². The molecular weight excluding hydrogens is 282 g/mol. The van der Waals surface area contributed by atoms with Gasteiger partial charge in [0.1, 0.15) is 0 Å². The zero-order valence-electron chi connectivity index (χ0n) is 12.6. The Labute approximate surface area is 127 Å². The minimum atomic E-state index is -3.49. The second-order valence-electron chi connectivity index (χ2n) is 5.25. The zero-order chi connectivity index (χ0) is 15.5. The van der Waals surface area contributed by atoms with Crippen LogP contribution in [0.1, 0.15) is 36.6 Å². The van der Waals surface area contributed by atoms with Crippen molar-refractivity contribution in [3.05, 3.63) is 65.2 Å². The van der Waals surface area contributed by atoms with Crippen molar-refractivity contribution < 1.29 is 8.42 Å². The van der Waals surface area contributed by atoms with Gasteiger partial charge in [0.05, 0.1) is 4.90 Å². The largest absolute Gasteiger partial charge is 0.241 e. The van der Waals surface area contributed by atoms with Gasteiger partial charge in [-0.15, -0.1) is 0 Å². The molecule has 0 aromatic heterocycles. The third-order valence-electron chi connectivity index (χ3n) is 3.55. The van der Waals surface area contributed by atoms with Crippen LogP contribution in [0.25, 0.3) is 0 Å². The fraction of sp³-hybridized carbons (Fsp3) is 0.294. The summed E-state index contributed by atoms with van der Waals surface area (Å²) >= 11 is 0. The number of sulfonamides is 1. The lowest BCUT2D eigenvalue weighted by molar-refractivity contribution is 0.567. The molecule has 0 amide bonds.